The molecular formula is C23H29N5O5. The topological polar surface area (TPSA) is 139 Å². The quantitative estimate of drug-likeness (QED) is 0.523. The van der Waals surface area contributed by atoms with Crippen LogP contribution in [-0.2, 0) is 11.3 Å². The number of benzene rings is 1. The van der Waals surface area contributed by atoms with Gasteiger partial charge in [0.1, 0.15) is 5.82 Å². The van der Waals surface area contributed by atoms with Crippen LogP contribution in [0, 0.1) is 0 Å². The van der Waals surface area contributed by atoms with Crippen LogP contribution in [0.3, 0.4) is 0 Å². The number of nitrogen functional groups attached to an aromatic ring is 1. The summed E-state index contributed by atoms with van der Waals surface area (Å²) in [5.74, 6) is -1.16. The van der Waals surface area contributed by atoms with Crippen LogP contribution in [0.2, 0.25) is 0 Å². The highest BCUT2D eigenvalue weighted by Gasteiger charge is 2.34. The molecule has 1 aliphatic heterocycles. The number of nitrogens with two attached hydrogens (primary N) is 1. The SMILES string of the molecule is CCCCN(C(=O)CCCN1C(=O)c2ccccc2C1=O)c1c(N)n(CCC)c(=O)[nH]c1=O. The number of aromatic nitrogens is 2. The minimum Gasteiger partial charge on any atom is -0.383 e. The number of imide groups is 1. The third-order valence-corrected chi connectivity index (χ3v) is 5.62. The van der Waals surface area contributed by atoms with E-state index in [-0.39, 0.29) is 55.2 Å². The van der Waals surface area contributed by atoms with Crippen LogP contribution < -0.4 is 21.9 Å². The Morgan fingerprint density at radius 3 is 2.18 bits per heavy atom. The Morgan fingerprint density at radius 1 is 0.970 bits per heavy atom. The number of hydrogen-bond acceptors (Lipinski definition) is 6. The first-order valence-corrected chi connectivity index (χ1v) is 11.2. The molecule has 33 heavy (non-hydrogen) atoms. The fourth-order valence-electron chi connectivity index (χ4n) is 3.93. The lowest BCUT2D eigenvalue weighted by Gasteiger charge is -2.25. The summed E-state index contributed by atoms with van der Waals surface area (Å²) < 4.78 is 1.25. The van der Waals surface area contributed by atoms with Gasteiger partial charge in [-0.2, -0.15) is 0 Å². The number of amides is 3. The molecule has 0 fully saturated rings. The molecular weight excluding hydrogens is 426 g/mol. The Bertz CT molecular complexity index is 1150. The van der Waals surface area contributed by atoms with Crippen molar-refractivity contribution >= 4 is 29.2 Å². The fraction of sp³-hybridized carbons (Fsp3) is 0.435. The summed E-state index contributed by atoms with van der Waals surface area (Å²) in [4.78, 5) is 67.5. The molecule has 3 amide bonds. The maximum absolute atomic E-state index is 13.1. The van der Waals surface area contributed by atoms with E-state index in [4.69, 9.17) is 5.73 Å². The second-order valence-electron chi connectivity index (χ2n) is 7.95. The normalized spacial score (nSPS) is 12.8. The highest BCUT2D eigenvalue weighted by Crippen LogP contribution is 2.23. The Kier molecular flexibility index (Phi) is 7.47. The molecule has 0 bridgehead atoms. The number of nitrogens with one attached hydrogen (secondary N) is 1. The van der Waals surface area contributed by atoms with Gasteiger partial charge in [0.05, 0.1) is 11.1 Å². The first-order chi connectivity index (χ1) is 15.8. The van der Waals surface area contributed by atoms with Crippen LogP contribution in [0.4, 0.5) is 11.5 Å². The van der Waals surface area contributed by atoms with E-state index in [0.717, 1.165) is 11.3 Å². The third-order valence-electron chi connectivity index (χ3n) is 5.62. The van der Waals surface area contributed by atoms with Crippen LogP contribution in [-0.4, -0.2) is 45.3 Å². The zero-order valence-corrected chi connectivity index (χ0v) is 18.9. The summed E-state index contributed by atoms with van der Waals surface area (Å²) in [6, 6.07) is 6.60. The lowest BCUT2D eigenvalue weighted by Crippen LogP contribution is -2.42. The molecule has 176 valence electrons. The molecule has 3 rings (SSSR count). The monoisotopic (exact) mass is 455 g/mol. The van der Waals surface area contributed by atoms with Crippen molar-refractivity contribution in [2.24, 2.45) is 0 Å². The molecule has 0 aliphatic carbocycles. The van der Waals surface area contributed by atoms with E-state index in [2.05, 4.69) is 4.98 Å². The average Bonchev–Trinajstić information content (AvgIpc) is 3.03. The summed E-state index contributed by atoms with van der Waals surface area (Å²) in [6.07, 6.45) is 2.28. The number of anilines is 2. The number of unbranched alkanes of at least 4 members (excludes halogenated alkanes) is 1. The van der Waals surface area contributed by atoms with E-state index in [9.17, 15) is 24.0 Å². The highest BCUT2D eigenvalue weighted by atomic mass is 16.2. The number of nitrogens with zero attached hydrogens (tertiary/aromatic N) is 3. The van der Waals surface area contributed by atoms with Crippen molar-refractivity contribution in [3.05, 3.63) is 56.2 Å². The van der Waals surface area contributed by atoms with Gasteiger partial charge in [0.15, 0.2) is 5.69 Å². The first-order valence-electron chi connectivity index (χ1n) is 11.2. The van der Waals surface area contributed by atoms with Crippen LogP contribution >= 0.6 is 0 Å². The minimum absolute atomic E-state index is 0.00288. The van der Waals surface area contributed by atoms with Gasteiger partial charge in [-0.15, -0.1) is 0 Å². The molecule has 0 saturated carbocycles. The number of carbonyl (C=O) groups excluding carboxylic acids is 3. The van der Waals surface area contributed by atoms with Gasteiger partial charge in [0.2, 0.25) is 5.91 Å². The molecule has 0 saturated heterocycles. The lowest BCUT2D eigenvalue weighted by atomic mass is 10.1. The zero-order valence-electron chi connectivity index (χ0n) is 18.9. The fourth-order valence-corrected chi connectivity index (χ4v) is 3.93. The van der Waals surface area contributed by atoms with E-state index in [1.807, 2.05) is 13.8 Å². The molecule has 1 aromatic carbocycles. The largest absolute Gasteiger partial charge is 0.383 e. The molecule has 2 aromatic rings. The van der Waals surface area contributed by atoms with Gasteiger partial charge in [-0.05, 0) is 31.4 Å². The maximum Gasteiger partial charge on any atom is 0.330 e. The summed E-state index contributed by atoms with van der Waals surface area (Å²) in [7, 11) is 0. The van der Waals surface area contributed by atoms with E-state index < -0.39 is 11.2 Å². The second kappa shape index (κ2) is 10.3. The molecule has 3 N–H and O–H groups in total. The number of hydrogen-bond donors (Lipinski definition) is 2. The average molecular weight is 456 g/mol. The third kappa shape index (κ3) is 4.74. The van der Waals surface area contributed by atoms with Crippen molar-refractivity contribution < 1.29 is 14.4 Å². The second-order valence-corrected chi connectivity index (χ2v) is 7.95. The standard InChI is InChI=1S/C23H29N5O5/c1-3-5-13-26(18-19(24)27(12-4-2)23(33)25-20(18)30)17(29)11-8-14-28-21(31)15-9-6-7-10-16(15)22(28)32/h6-7,9-10H,3-5,8,11-14,24H2,1-2H3,(H,25,30,33). The van der Waals surface area contributed by atoms with Crippen molar-refractivity contribution in [1.29, 1.82) is 0 Å². The van der Waals surface area contributed by atoms with E-state index in [1.165, 1.54) is 9.47 Å². The zero-order chi connectivity index (χ0) is 24.1. The van der Waals surface area contributed by atoms with Crippen LogP contribution in [0.1, 0.15) is 66.7 Å². The Balaban J connectivity index is 1.77. The van der Waals surface area contributed by atoms with Gasteiger partial charge in [-0.1, -0.05) is 32.4 Å². The molecule has 2 heterocycles. The summed E-state index contributed by atoms with van der Waals surface area (Å²) in [5.41, 5.74) is 5.49. The van der Waals surface area contributed by atoms with Crippen molar-refractivity contribution in [2.45, 2.75) is 52.5 Å². The Hall–Kier alpha value is -3.69. The van der Waals surface area contributed by atoms with Crippen molar-refractivity contribution in [3.8, 4) is 0 Å². The molecule has 10 heteroatoms. The number of H-pyrrole nitrogens is 1. The lowest BCUT2D eigenvalue weighted by molar-refractivity contribution is -0.118. The smallest absolute Gasteiger partial charge is 0.330 e. The van der Waals surface area contributed by atoms with Gasteiger partial charge in [0.25, 0.3) is 17.4 Å². The number of aromatic amines is 1. The van der Waals surface area contributed by atoms with E-state index in [1.54, 1.807) is 24.3 Å². The number of carbonyl (C=O) groups is 3. The van der Waals surface area contributed by atoms with Gasteiger partial charge in [0, 0.05) is 26.1 Å². The maximum atomic E-state index is 13.1. The van der Waals surface area contributed by atoms with Crippen LogP contribution in [0.15, 0.2) is 33.9 Å². The molecule has 0 radical (unpaired) electrons. The highest BCUT2D eigenvalue weighted by molar-refractivity contribution is 6.21. The van der Waals surface area contributed by atoms with Crippen molar-refractivity contribution in [3.63, 3.8) is 0 Å². The number of fused-ring (bicyclic) bond motifs is 1. The Labute approximate surface area is 191 Å². The summed E-state index contributed by atoms with van der Waals surface area (Å²) >= 11 is 0. The minimum atomic E-state index is -0.713. The first kappa shape index (κ1) is 24.0. The van der Waals surface area contributed by atoms with E-state index >= 15 is 0 Å². The molecule has 1 aliphatic rings. The summed E-state index contributed by atoms with van der Waals surface area (Å²) in [6.45, 7) is 4.48. The summed E-state index contributed by atoms with van der Waals surface area (Å²) in [5, 5.41) is 0. The van der Waals surface area contributed by atoms with Gasteiger partial charge in [-0.25, -0.2) is 4.79 Å². The van der Waals surface area contributed by atoms with Crippen molar-refractivity contribution in [1.82, 2.24) is 14.5 Å². The van der Waals surface area contributed by atoms with E-state index in [0.29, 0.717) is 30.5 Å². The van der Waals surface area contributed by atoms with Gasteiger partial charge < -0.3 is 10.6 Å². The van der Waals surface area contributed by atoms with Crippen molar-refractivity contribution in [2.75, 3.05) is 23.7 Å². The van der Waals surface area contributed by atoms with Gasteiger partial charge in [-0.3, -0.25) is 33.6 Å². The number of rotatable bonds is 10. The van der Waals surface area contributed by atoms with Crippen LogP contribution in [0.25, 0.3) is 0 Å². The molecule has 0 atom stereocenters. The molecule has 10 nitrogen and oxygen atoms in total. The molecule has 1 aromatic heterocycles. The molecule has 0 unspecified atom stereocenters. The van der Waals surface area contributed by atoms with Crippen LogP contribution in [0.5, 0.6) is 0 Å². The molecule has 0 spiro atoms. The predicted octanol–water partition coefficient (Wildman–Crippen LogP) is 1.74. The Morgan fingerprint density at radius 2 is 1.61 bits per heavy atom. The predicted molar refractivity (Wildman–Crippen MR) is 124 cm³/mol. The van der Waals surface area contributed by atoms with Gasteiger partial charge >= 0.3 is 5.69 Å².